The van der Waals surface area contributed by atoms with Gasteiger partial charge in [0.1, 0.15) is 17.9 Å². The summed E-state index contributed by atoms with van der Waals surface area (Å²) < 4.78 is 11.4. The van der Waals surface area contributed by atoms with Gasteiger partial charge in [-0.25, -0.2) is 0 Å². The van der Waals surface area contributed by atoms with Crippen molar-refractivity contribution in [1.82, 2.24) is 10.1 Å². The third-order valence-electron chi connectivity index (χ3n) is 4.90. The number of aromatic nitrogens is 1. The van der Waals surface area contributed by atoms with Gasteiger partial charge in [0.15, 0.2) is 11.5 Å². The van der Waals surface area contributed by atoms with Crippen LogP contribution in [0, 0.1) is 5.92 Å². The van der Waals surface area contributed by atoms with Gasteiger partial charge in [-0.1, -0.05) is 36.4 Å². The normalized spacial score (nSPS) is 21.7. The Bertz CT molecular complexity index is 896. The summed E-state index contributed by atoms with van der Waals surface area (Å²) in [6.07, 6.45) is 4.01. The zero-order valence-electron chi connectivity index (χ0n) is 14.7. The van der Waals surface area contributed by atoms with Crippen molar-refractivity contribution in [3.63, 3.8) is 0 Å². The molecule has 0 aliphatic heterocycles. The number of benzene rings is 1. The smallest absolute Gasteiger partial charge is 0.265 e. The Labute approximate surface area is 151 Å². The number of ketones is 1. The Hall–Kier alpha value is -2.86. The molecule has 134 valence electrons. The van der Waals surface area contributed by atoms with Crippen molar-refractivity contribution in [3.8, 4) is 5.88 Å². The lowest BCUT2D eigenvalue weighted by Gasteiger charge is -2.36. The number of aliphatic hydroxyl groups excluding tert-OH is 1. The van der Waals surface area contributed by atoms with Crippen LogP contribution in [0.25, 0.3) is 5.76 Å². The molecule has 0 unspecified atom stereocenters. The number of rotatable bonds is 4. The van der Waals surface area contributed by atoms with Crippen molar-refractivity contribution >= 4 is 11.5 Å². The van der Waals surface area contributed by atoms with Crippen molar-refractivity contribution < 1.29 is 19.2 Å². The monoisotopic (exact) mass is 352 g/mol. The molecule has 2 aliphatic carbocycles. The largest absolute Gasteiger partial charge is 0.507 e. The first kappa shape index (κ1) is 16.6. The quantitative estimate of drug-likeness (QED) is 0.910. The zero-order valence-corrected chi connectivity index (χ0v) is 14.7. The van der Waals surface area contributed by atoms with Crippen LogP contribution in [0.15, 0.2) is 52.6 Å². The highest BCUT2D eigenvalue weighted by Gasteiger charge is 2.45. The van der Waals surface area contributed by atoms with Gasteiger partial charge in [0.2, 0.25) is 0 Å². The van der Waals surface area contributed by atoms with Crippen LogP contribution in [0.2, 0.25) is 0 Å². The molecule has 0 fully saturated rings. The lowest BCUT2D eigenvalue weighted by Crippen LogP contribution is -2.35. The topological polar surface area (TPSA) is 75.8 Å². The molecule has 6 nitrogen and oxygen atoms in total. The molecule has 1 aromatic carbocycles. The molecule has 1 aromatic heterocycles. The second-order valence-corrected chi connectivity index (χ2v) is 6.78. The van der Waals surface area contributed by atoms with E-state index >= 15 is 0 Å². The number of allylic oxidation sites excluding steroid dienone is 2. The average Bonchev–Trinajstić information content (AvgIpc) is 3.04. The second kappa shape index (κ2) is 6.46. The minimum Gasteiger partial charge on any atom is -0.507 e. The number of carbonyl (C=O) groups is 1. The van der Waals surface area contributed by atoms with Crippen LogP contribution in [-0.4, -0.2) is 35.0 Å². The first-order chi connectivity index (χ1) is 12.6. The van der Waals surface area contributed by atoms with Crippen molar-refractivity contribution in [2.24, 2.45) is 5.92 Å². The molecule has 0 saturated heterocycles. The van der Waals surface area contributed by atoms with E-state index < -0.39 is 0 Å². The molecule has 0 spiro atoms. The highest BCUT2D eigenvalue weighted by Crippen LogP contribution is 2.49. The number of carbonyl (C=O) groups excluding carboxylic acids is 1. The molecule has 2 aromatic rings. The Morgan fingerprint density at radius 1 is 1.31 bits per heavy atom. The summed E-state index contributed by atoms with van der Waals surface area (Å²) in [5.41, 5.74) is 1.77. The van der Waals surface area contributed by atoms with Gasteiger partial charge in [-0.15, -0.1) is 0 Å². The van der Waals surface area contributed by atoms with Crippen LogP contribution < -0.4 is 4.74 Å². The van der Waals surface area contributed by atoms with E-state index in [4.69, 9.17) is 9.26 Å². The number of nitrogens with zero attached hydrogens (tertiary/aromatic N) is 2. The third-order valence-corrected chi connectivity index (χ3v) is 4.90. The maximum Gasteiger partial charge on any atom is 0.265 e. The molecule has 0 radical (unpaired) electrons. The number of hydrogen-bond acceptors (Lipinski definition) is 6. The standard InChI is InChI=1S/C20H20N2O4/c1-22(2)17-13-9-6-10-14(23)15(13)18(24)16-19(17)26-21-20(16)25-11-12-7-4-3-5-8-12/h3-8,10,13,17,24H,9,11H2,1-2H3/t13-,17-/m1/s1. The fourth-order valence-electron chi connectivity index (χ4n) is 3.73. The van der Waals surface area contributed by atoms with Gasteiger partial charge < -0.3 is 14.4 Å². The van der Waals surface area contributed by atoms with E-state index in [1.165, 1.54) is 6.08 Å². The maximum absolute atomic E-state index is 12.4. The van der Waals surface area contributed by atoms with E-state index in [0.29, 0.717) is 29.9 Å². The van der Waals surface area contributed by atoms with Gasteiger partial charge in [0.05, 0.1) is 6.04 Å². The van der Waals surface area contributed by atoms with Gasteiger partial charge in [-0.3, -0.25) is 9.69 Å². The molecular formula is C20H20N2O4. The van der Waals surface area contributed by atoms with Gasteiger partial charge in [-0.05, 0) is 37.3 Å². The molecule has 4 rings (SSSR count). The predicted octanol–water partition coefficient (Wildman–Crippen LogP) is 3.28. The molecule has 2 atom stereocenters. The lowest BCUT2D eigenvalue weighted by atomic mass is 9.75. The minimum absolute atomic E-state index is 0.0817. The fourth-order valence-corrected chi connectivity index (χ4v) is 3.73. The van der Waals surface area contributed by atoms with Gasteiger partial charge >= 0.3 is 0 Å². The van der Waals surface area contributed by atoms with E-state index in [2.05, 4.69) is 5.16 Å². The first-order valence-electron chi connectivity index (χ1n) is 8.55. The second-order valence-electron chi connectivity index (χ2n) is 6.78. The van der Waals surface area contributed by atoms with Crippen molar-refractivity contribution in [3.05, 3.63) is 64.9 Å². The molecule has 0 bridgehead atoms. The van der Waals surface area contributed by atoms with E-state index in [0.717, 1.165) is 5.56 Å². The van der Waals surface area contributed by atoms with E-state index in [1.54, 1.807) is 0 Å². The highest BCUT2D eigenvalue weighted by atomic mass is 16.5. The van der Waals surface area contributed by atoms with Crippen molar-refractivity contribution in [2.45, 2.75) is 19.1 Å². The van der Waals surface area contributed by atoms with E-state index in [9.17, 15) is 9.90 Å². The highest BCUT2D eigenvalue weighted by molar-refractivity contribution is 6.10. The molecule has 1 N–H and O–H groups in total. The molecule has 6 heteroatoms. The van der Waals surface area contributed by atoms with Gasteiger partial charge in [0, 0.05) is 11.5 Å². The molecule has 2 aliphatic rings. The summed E-state index contributed by atoms with van der Waals surface area (Å²) in [4.78, 5) is 14.4. The fraction of sp³-hybridized carbons (Fsp3) is 0.300. The SMILES string of the molecule is CN(C)[C@H]1c2onc(OCc3ccccc3)c2C(O)=C2C(=O)C=CC[C@H]21. The minimum atomic E-state index is -0.189. The summed E-state index contributed by atoms with van der Waals surface area (Å²) in [7, 11) is 3.84. The van der Waals surface area contributed by atoms with Crippen LogP contribution in [0.4, 0.5) is 0 Å². The Morgan fingerprint density at radius 3 is 2.81 bits per heavy atom. The van der Waals surface area contributed by atoms with Crippen LogP contribution in [0.1, 0.15) is 29.3 Å². The molecule has 1 heterocycles. The van der Waals surface area contributed by atoms with Gasteiger partial charge in [-0.2, -0.15) is 0 Å². The number of fused-ring (bicyclic) bond motifs is 2. The summed E-state index contributed by atoms with van der Waals surface area (Å²) in [5, 5.41) is 14.8. The first-order valence-corrected chi connectivity index (χ1v) is 8.55. The lowest BCUT2D eigenvalue weighted by molar-refractivity contribution is -0.112. The van der Waals surface area contributed by atoms with E-state index in [1.807, 2.05) is 55.4 Å². The zero-order chi connectivity index (χ0) is 18.3. The number of aliphatic hydroxyl groups is 1. The number of hydrogen-bond donors (Lipinski definition) is 1. The van der Waals surface area contributed by atoms with Crippen molar-refractivity contribution in [2.75, 3.05) is 14.1 Å². The Kier molecular flexibility index (Phi) is 4.12. The predicted molar refractivity (Wildman–Crippen MR) is 95.5 cm³/mol. The third kappa shape index (κ3) is 2.63. The summed E-state index contributed by atoms with van der Waals surface area (Å²) in [6.45, 7) is 0.298. The average molecular weight is 352 g/mol. The summed E-state index contributed by atoms with van der Waals surface area (Å²) in [5.74, 6) is 0.326. The van der Waals surface area contributed by atoms with Crippen LogP contribution in [0.5, 0.6) is 5.88 Å². The molecular weight excluding hydrogens is 332 g/mol. The molecule has 26 heavy (non-hydrogen) atoms. The molecule has 0 saturated carbocycles. The molecule has 0 amide bonds. The summed E-state index contributed by atoms with van der Waals surface area (Å²) >= 11 is 0. The van der Waals surface area contributed by atoms with Crippen LogP contribution in [0.3, 0.4) is 0 Å². The maximum atomic E-state index is 12.4. The Balaban J connectivity index is 1.75. The van der Waals surface area contributed by atoms with Crippen molar-refractivity contribution in [1.29, 1.82) is 0 Å². The Morgan fingerprint density at radius 2 is 2.08 bits per heavy atom. The van der Waals surface area contributed by atoms with Crippen LogP contribution in [-0.2, 0) is 11.4 Å². The number of ether oxygens (including phenoxy) is 1. The van der Waals surface area contributed by atoms with E-state index in [-0.39, 0.29) is 29.4 Å². The van der Waals surface area contributed by atoms with Gasteiger partial charge in [0.25, 0.3) is 5.88 Å². The van der Waals surface area contributed by atoms with Crippen LogP contribution >= 0.6 is 0 Å². The summed E-state index contributed by atoms with van der Waals surface area (Å²) in [6, 6.07) is 9.48.